The van der Waals surface area contributed by atoms with Crippen molar-refractivity contribution >= 4 is 34.4 Å². The second-order valence-electron chi connectivity index (χ2n) is 12.1. The fraction of sp³-hybridized carbons (Fsp3) is 0.394. The normalized spacial score (nSPS) is 13.9. The SMILES string of the molecule is CNc1nccc(Oc2cccc3c(-c4c(C(C)(C)C)cc(C(N)=O)c(OC)c4NCCN4CCOCC4)c(C(=O)O)n(C)c23)n1. The Labute approximate surface area is 267 Å². The number of rotatable bonds is 11. The fourth-order valence-electron chi connectivity index (χ4n) is 5.94. The van der Waals surface area contributed by atoms with Gasteiger partial charge < -0.3 is 40.3 Å². The van der Waals surface area contributed by atoms with Crippen LogP contribution in [0.5, 0.6) is 17.4 Å². The summed E-state index contributed by atoms with van der Waals surface area (Å²) in [5.41, 5.74) is 8.44. The number of aryl methyl sites for hydroxylation is 1. The quantitative estimate of drug-likeness (QED) is 0.186. The van der Waals surface area contributed by atoms with Crippen molar-refractivity contribution in [3.63, 3.8) is 0 Å². The van der Waals surface area contributed by atoms with E-state index in [0.29, 0.717) is 71.6 Å². The summed E-state index contributed by atoms with van der Waals surface area (Å²) >= 11 is 0. The molecule has 2 aromatic carbocycles. The average Bonchev–Trinajstić information content (AvgIpc) is 3.33. The maximum atomic E-state index is 13.1. The number of nitrogens with zero attached hydrogens (tertiary/aromatic N) is 4. The first-order valence-electron chi connectivity index (χ1n) is 15.1. The molecule has 1 amide bonds. The van der Waals surface area contributed by atoms with Crippen LogP contribution in [0.2, 0.25) is 0 Å². The maximum Gasteiger partial charge on any atom is 0.353 e. The molecule has 1 aliphatic heterocycles. The van der Waals surface area contributed by atoms with Gasteiger partial charge in [-0.15, -0.1) is 0 Å². The highest BCUT2D eigenvalue weighted by Gasteiger charge is 2.34. The Kier molecular flexibility index (Phi) is 9.35. The molecule has 0 atom stereocenters. The lowest BCUT2D eigenvalue weighted by atomic mass is 9.79. The van der Waals surface area contributed by atoms with Crippen molar-refractivity contribution in [3.05, 3.63) is 53.3 Å². The lowest BCUT2D eigenvalue weighted by Crippen LogP contribution is -2.39. The molecule has 4 aromatic rings. The molecule has 46 heavy (non-hydrogen) atoms. The molecule has 0 saturated carbocycles. The molecule has 2 aromatic heterocycles. The van der Waals surface area contributed by atoms with Gasteiger partial charge in [0, 0.05) is 69.1 Å². The van der Waals surface area contributed by atoms with Gasteiger partial charge in [0.25, 0.3) is 5.91 Å². The van der Waals surface area contributed by atoms with Crippen molar-refractivity contribution < 1.29 is 28.9 Å². The van der Waals surface area contributed by atoms with Crippen LogP contribution in [0.3, 0.4) is 0 Å². The zero-order chi connectivity index (χ0) is 33.2. The first kappa shape index (κ1) is 32.5. The molecule has 0 bridgehead atoms. The summed E-state index contributed by atoms with van der Waals surface area (Å²) < 4.78 is 19.2. The van der Waals surface area contributed by atoms with E-state index in [-0.39, 0.29) is 17.0 Å². The Morgan fingerprint density at radius 1 is 1.15 bits per heavy atom. The van der Waals surface area contributed by atoms with Gasteiger partial charge in [0.05, 0.1) is 37.1 Å². The van der Waals surface area contributed by atoms with Gasteiger partial charge >= 0.3 is 5.97 Å². The predicted octanol–water partition coefficient (Wildman–Crippen LogP) is 4.32. The van der Waals surface area contributed by atoms with Crippen molar-refractivity contribution in [1.82, 2.24) is 19.4 Å². The zero-order valence-corrected chi connectivity index (χ0v) is 27.1. The van der Waals surface area contributed by atoms with Gasteiger partial charge in [0.1, 0.15) is 5.69 Å². The van der Waals surface area contributed by atoms with Crippen molar-refractivity contribution in [2.75, 3.05) is 64.2 Å². The number of carbonyl (C=O) groups excluding carboxylic acids is 1. The maximum absolute atomic E-state index is 13.1. The number of primary amides is 1. The molecule has 0 aliphatic carbocycles. The Morgan fingerprint density at radius 3 is 2.52 bits per heavy atom. The highest BCUT2D eigenvalue weighted by molar-refractivity contribution is 6.13. The smallest absolute Gasteiger partial charge is 0.353 e. The highest BCUT2D eigenvalue weighted by Crippen LogP contribution is 2.50. The Balaban J connectivity index is 1.79. The number of aromatic carboxylic acids is 1. The van der Waals surface area contributed by atoms with Gasteiger partial charge in [0.15, 0.2) is 11.5 Å². The van der Waals surface area contributed by atoms with E-state index in [2.05, 4.69) is 25.5 Å². The van der Waals surface area contributed by atoms with Crippen LogP contribution in [0, 0.1) is 0 Å². The summed E-state index contributed by atoms with van der Waals surface area (Å²) in [5, 5.41) is 17.8. The number of fused-ring (bicyclic) bond motifs is 1. The number of anilines is 2. The van der Waals surface area contributed by atoms with E-state index in [1.54, 1.807) is 43.1 Å². The van der Waals surface area contributed by atoms with E-state index in [1.807, 2.05) is 32.9 Å². The molecule has 1 aliphatic rings. The third-order valence-electron chi connectivity index (χ3n) is 8.09. The number of aromatic nitrogens is 3. The van der Waals surface area contributed by atoms with Gasteiger partial charge in [-0.3, -0.25) is 9.69 Å². The number of ether oxygens (including phenoxy) is 3. The van der Waals surface area contributed by atoms with Gasteiger partial charge in [-0.25, -0.2) is 9.78 Å². The number of carboxylic acids is 1. The Morgan fingerprint density at radius 2 is 1.89 bits per heavy atom. The number of para-hydroxylation sites is 1. The topological polar surface area (TPSA) is 166 Å². The first-order chi connectivity index (χ1) is 22.0. The largest absolute Gasteiger partial charge is 0.494 e. The minimum atomic E-state index is -1.13. The molecule has 3 heterocycles. The number of nitrogens with two attached hydrogens (primary N) is 1. The summed E-state index contributed by atoms with van der Waals surface area (Å²) in [6, 6.07) is 8.78. The number of morpholine rings is 1. The van der Waals surface area contributed by atoms with E-state index in [0.717, 1.165) is 18.7 Å². The standard InChI is InChI=1S/C33H41N7O6/c1-33(2,3)21-18-20(30(34)41)29(44-6)26(36-12-13-40-14-16-45-17-15-40)25(21)24-19-8-7-9-22(27(19)39(5)28(24)31(42)43)46-23-10-11-37-32(35-4)38-23/h7-11,18,36H,12-17H2,1-6H3,(H2,34,41)(H,42,43)(H,35,37,38). The summed E-state index contributed by atoms with van der Waals surface area (Å²) in [4.78, 5) is 36.7. The van der Waals surface area contributed by atoms with E-state index in [9.17, 15) is 14.7 Å². The first-order valence-corrected chi connectivity index (χ1v) is 15.1. The summed E-state index contributed by atoms with van der Waals surface area (Å²) in [6.07, 6.45) is 1.57. The highest BCUT2D eigenvalue weighted by atomic mass is 16.5. The lowest BCUT2D eigenvalue weighted by molar-refractivity contribution is 0.0398. The van der Waals surface area contributed by atoms with Crippen LogP contribution in [0.15, 0.2) is 36.5 Å². The molecule has 13 nitrogen and oxygen atoms in total. The monoisotopic (exact) mass is 631 g/mol. The molecular formula is C33H41N7O6. The number of benzene rings is 2. The van der Waals surface area contributed by atoms with Crippen LogP contribution in [-0.4, -0.2) is 90.0 Å². The van der Waals surface area contributed by atoms with Crippen LogP contribution >= 0.6 is 0 Å². The van der Waals surface area contributed by atoms with Crippen molar-refractivity contribution in [2.45, 2.75) is 26.2 Å². The molecule has 0 radical (unpaired) electrons. The number of nitrogens with one attached hydrogen (secondary N) is 2. The number of hydrogen-bond acceptors (Lipinski definition) is 10. The van der Waals surface area contributed by atoms with Crippen molar-refractivity contribution in [2.24, 2.45) is 12.8 Å². The molecular weight excluding hydrogens is 590 g/mol. The van der Waals surface area contributed by atoms with Gasteiger partial charge in [-0.2, -0.15) is 4.98 Å². The van der Waals surface area contributed by atoms with Crippen LogP contribution in [0.25, 0.3) is 22.0 Å². The van der Waals surface area contributed by atoms with Crippen molar-refractivity contribution in [1.29, 1.82) is 0 Å². The second kappa shape index (κ2) is 13.2. The molecule has 13 heteroatoms. The molecule has 5 N–H and O–H groups in total. The number of carboxylic acid groups (broad SMARTS) is 1. The minimum absolute atomic E-state index is 0.0419. The predicted molar refractivity (Wildman–Crippen MR) is 176 cm³/mol. The molecule has 0 unspecified atom stereocenters. The lowest BCUT2D eigenvalue weighted by Gasteiger charge is -2.30. The fourth-order valence-corrected chi connectivity index (χ4v) is 5.94. The van der Waals surface area contributed by atoms with Crippen LogP contribution in [-0.2, 0) is 17.2 Å². The van der Waals surface area contributed by atoms with E-state index in [4.69, 9.17) is 19.9 Å². The summed E-state index contributed by atoms with van der Waals surface area (Å²) in [6.45, 7) is 10.2. The minimum Gasteiger partial charge on any atom is -0.494 e. The molecule has 1 fully saturated rings. The zero-order valence-electron chi connectivity index (χ0n) is 27.1. The number of amides is 1. The number of carbonyl (C=O) groups is 2. The van der Waals surface area contributed by atoms with Gasteiger partial charge in [-0.05, 0) is 23.1 Å². The summed E-state index contributed by atoms with van der Waals surface area (Å²) in [7, 11) is 4.88. The van der Waals surface area contributed by atoms with Crippen molar-refractivity contribution in [3.8, 4) is 28.5 Å². The van der Waals surface area contributed by atoms with Gasteiger partial charge in [-0.1, -0.05) is 32.9 Å². The Hall–Kier alpha value is -4.88. The second-order valence-corrected chi connectivity index (χ2v) is 12.1. The summed E-state index contributed by atoms with van der Waals surface area (Å²) in [5.74, 6) is -0.445. The number of methoxy groups -OCH3 is 1. The van der Waals surface area contributed by atoms with E-state index < -0.39 is 17.3 Å². The van der Waals surface area contributed by atoms with Crippen LogP contribution in [0.4, 0.5) is 11.6 Å². The third-order valence-corrected chi connectivity index (χ3v) is 8.09. The van der Waals surface area contributed by atoms with E-state index in [1.165, 1.54) is 7.11 Å². The molecule has 244 valence electrons. The van der Waals surface area contributed by atoms with E-state index >= 15 is 0 Å². The number of hydrogen-bond donors (Lipinski definition) is 4. The molecule has 1 saturated heterocycles. The van der Waals surface area contributed by atoms with Gasteiger partial charge in [0.2, 0.25) is 11.8 Å². The molecule has 0 spiro atoms. The third kappa shape index (κ3) is 6.28. The Bertz CT molecular complexity index is 1770. The van der Waals surface area contributed by atoms with Crippen LogP contribution in [0.1, 0.15) is 47.2 Å². The molecule has 5 rings (SSSR count). The van der Waals surface area contributed by atoms with Crippen LogP contribution < -0.4 is 25.8 Å². The average molecular weight is 632 g/mol.